The van der Waals surface area contributed by atoms with Crippen LogP contribution in [0.4, 0.5) is 11.4 Å². The van der Waals surface area contributed by atoms with Gasteiger partial charge < -0.3 is 9.84 Å². The second-order valence-electron chi connectivity index (χ2n) is 7.73. The van der Waals surface area contributed by atoms with Crippen LogP contribution in [0.1, 0.15) is 22.0 Å². The minimum atomic E-state index is -1.12. The van der Waals surface area contributed by atoms with Gasteiger partial charge in [-0.05, 0) is 35.9 Å². The molecule has 8 nitrogen and oxygen atoms in total. The summed E-state index contributed by atoms with van der Waals surface area (Å²) in [5, 5.41) is 11.3. The van der Waals surface area contributed by atoms with E-state index in [9.17, 15) is 19.5 Å². The number of carboxylic acid groups (broad SMARTS) is 1. The number of carbonyl (C=O) groups is 3. The number of methoxy groups -OCH3 is 1. The van der Waals surface area contributed by atoms with Crippen molar-refractivity contribution < 1.29 is 29.1 Å². The minimum Gasteiger partial charge on any atom is -0.495 e. The second-order valence-corrected chi connectivity index (χ2v) is 7.73. The number of rotatable bonds is 5. The number of fused-ring (bicyclic) bond motifs is 1. The summed E-state index contributed by atoms with van der Waals surface area (Å²) in [7, 11) is 1.46. The van der Waals surface area contributed by atoms with Crippen molar-refractivity contribution in [2.45, 2.75) is 12.1 Å². The van der Waals surface area contributed by atoms with E-state index in [4.69, 9.17) is 9.57 Å². The van der Waals surface area contributed by atoms with Crippen LogP contribution < -0.4 is 14.7 Å². The lowest BCUT2D eigenvalue weighted by atomic mass is 9.88. The zero-order valence-electron chi connectivity index (χ0n) is 17.6. The highest BCUT2D eigenvalue weighted by molar-refractivity contribution is 6.24. The minimum absolute atomic E-state index is 0.0451. The van der Waals surface area contributed by atoms with Gasteiger partial charge in [0.2, 0.25) is 5.91 Å². The fraction of sp³-hybridized carbons (Fsp3) is 0.160. The number of aromatic carboxylic acids is 1. The maximum atomic E-state index is 13.7. The zero-order chi connectivity index (χ0) is 23.1. The maximum absolute atomic E-state index is 13.7. The average molecular weight is 444 g/mol. The molecule has 2 fully saturated rings. The van der Waals surface area contributed by atoms with Crippen LogP contribution in [0.5, 0.6) is 5.75 Å². The van der Waals surface area contributed by atoms with Gasteiger partial charge in [0, 0.05) is 0 Å². The van der Waals surface area contributed by atoms with Crippen LogP contribution in [0.3, 0.4) is 0 Å². The number of ether oxygens (including phenoxy) is 1. The molecule has 1 N–H and O–H groups in total. The third kappa shape index (κ3) is 3.23. The number of amides is 2. The van der Waals surface area contributed by atoms with E-state index in [1.165, 1.54) is 18.2 Å². The Bertz CT molecular complexity index is 1240. The highest BCUT2D eigenvalue weighted by Gasteiger charge is 2.61. The van der Waals surface area contributed by atoms with E-state index in [-0.39, 0.29) is 5.56 Å². The number of hydrogen-bond acceptors (Lipinski definition) is 6. The summed E-state index contributed by atoms with van der Waals surface area (Å²) in [5.41, 5.74) is 1.37. The Hall–Kier alpha value is -4.17. The Labute approximate surface area is 189 Å². The van der Waals surface area contributed by atoms with Gasteiger partial charge in [-0.3, -0.25) is 14.4 Å². The van der Waals surface area contributed by atoms with Gasteiger partial charge in [0.25, 0.3) is 5.91 Å². The predicted octanol–water partition coefficient (Wildman–Crippen LogP) is 3.44. The molecule has 0 bridgehead atoms. The van der Waals surface area contributed by atoms with Gasteiger partial charge >= 0.3 is 5.97 Å². The van der Waals surface area contributed by atoms with Gasteiger partial charge in [-0.1, -0.05) is 48.5 Å². The number of benzene rings is 3. The average Bonchev–Trinajstić information content (AvgIpc) is 3.35. The summed E-state index contributed by atoms with van der Waals surface area (Å²) in [6.45, 7) is 0. The molecule has 2 saturated heterocycles. The zero-order valence-corrected chi connectivity index (χ0v) is 17.6. The van der Waals surface area contributed by atoms with Crippen molar-refractivity contribution in [3.05, 3.63) is 90.0 Å². The Morgan fingerprint density at radius 1 is 0.909 bits per heavy atom. The summed E-state index contributed by atoms with van der Waals surface area (Å²) < 4.78 is 5.35. The van der Waals surface area contributed by atoms with Crippen molar-refractivity contribution in [3.63, 3.8) is 0 Å². The molecule has 5 rings (SSSR count). The van der Waals surface area contributed by atoms with Crippen LogP contribution in [0.15, 0.2) is 78.9 Å². The number of carbonyl (C=O) groups excluding carboxylic acids is 2. The lowest BCUT2D eigenvalue weighted by Crippen LogP contribution is -2.37. The molecule has 0 unspecified atom stereocenters. The SMILES string of the molecule is COc1ccccc1N1C(=O)[C@@H]2[C@H](ON(c3ccccc3)[C@H]2c2ccccc2C(=O)O)C1=O. The first-order valence-electron chi connectivity index (χ1n) is 10.4. The monoisotopic (exact) mass is 444 g/mol. The summed E-state index contributed by atoms with van der Waals surface area (Å²) in [4.78, 5) is 46.3. The number of hydroxylamine groups is 1. The molecule has 8 heteroatoms. The largest absolute Gasteiger partial charge is 0.495 e. The van der Waals surface area contributed by atoms with Crippen LogP contribution >= 0.6 is 0 Å². The molecule has 0 spiro atoms. The second kappa shape index (κ2) is 8.07. The number of nitrogens with zero attached hydrogens (tertiary/aromatic N) is 2. The topological polar surface area (TPSA) is 96.4 Å². The van der Waals surface area contributed by atoms with E-state index in [0.717, 1.165) is 4.90 Å². The molecule has 33 heavy (non-hydrogen) atoms. The van der Waals surface area contributed by atoms with Gasteiger partial charge in [0.05, 0.1) is 30.1 Å². The van der Waals surface area contributed by atoms with Gasteiger partial charge in [-0.2, -0.15) is 0 Å². The van der Waals surface area contributed by atoms with Gasteiger partial charge in [0.1, 0.15) is 11.7 Å². The molecular formula is C25H20N2O6. The van der Waals surface area contributed by atoms with Crippen molar-refractivity contribution >= 4 is 29.2 Å². The molecule has 0 aliphatic carbocycles. The standard InChI is InChI=1S/C25H20N2O6/c1-32-19-14-8-7-13-18(19)26-23(28)20-21(16-11-5-6-12-17(16)25(30)31)27(33-22(20)24(26)29)15-9-3-2-4-10-15/h2-14,20-22H,1H3,(H,30,31)/t20-,21-,22-/m0/s1. The maximum Gasteiger partial charge on any atom is 0.336 e. The highest BCUT2D eigenvalue weighted by atomic mass is 16.7. The predicted molar refractivity (Wildman–Crippen MR) is 119 cm³/mol. The third-order valence-corrected chi connectivity index (χ3v) is 5.96. The van der Waals surface area contributed by atoms with Gasteiger partial charge in [-0.25, -0.2) is 14.8 Å². The Balaban J connectivity index is 1.65. The van der Waals surface area contributed by atoms with Gasteiger partial charge in [-0.15, -0.1) is 0 Å². The quantitative estimate of drug-likeness (QED) is 0.602. The van der Waals surface area contributed by atoms with Crippen molar-refractivity contribution in [1.29, 1.82) is 0 Å². The molecule has 2 aliphatic heterocycles. The first-order valence-corrected chi connectivity index (χ1v) is 10.4. The van der Waals surface area contributed by atoms with E-state index < -0.39 is 35.8 Å². The molecule has 3 atom stereocenters. The van der Waals surface area contributed by atoms with Gasteiger partial charge in [0.15, 0.2) is 6.10 Å². The molecule has 2 amide bonds. The fourth-order valence-corrected chi connectivity index (χ4v) is 4.53. The molecule has 0 saturated carbocycles. The normalized spacial score (nSPS) is 21.9. The molecule has 3 aromatic rings. The smallest absolute Gasteiger partial charge is 0.336 e. The summed E-state index contributed by atoms with van der Waals surface area (Å²) in [6, 6.07) is 21.4. The first-order chi connectivity index (χ1) is 16.0. The van der Waals surface area contributed by atoms with Crippen LogP contribution in [0.2, 0.25) is 0 Å². The first kappa shape index (κ1) is 20.7. The Kier molecular flexibility index (Phi) is 5.07. The Morgan fingerprint density at radius 2 is 1.58 bits per heavy atom. The summed E-state index contributed by atoms with van der Waals surface area (Å²) >= 11 is 0. The van der Waals surface area contributed by atoms with Crippen molar-refractivity contribution in [1.82, 2.24) is 0 Å². The molecular weight excluding hydrogens is 424 g/mol. The molecule has 2 aliphatic rings. The van der Waals surface area contributed by atoms with Crippen molar-refractivity contribution in [2.75, 3.05) is 17.1 Å². The summed E-state index contributed by atoms with van der Waals surface area (Å²) in [6.07, 6.45) is -1.10. The van der Waals surface area contributed by atoms with Crippen molar-refractivity contribution in [3.8, 4) is 5.75 Å². The molecule has 0 aromatic heterocycles. The van der Waals surface area contributed by atoms with E-state index in [1.807, 2.05) is 6.07 Å². The van der Waals surface area contributed by atoms with E-state index in [0.29, 0.717) is 22.7 Å². The molecule has 166 valence electrons. The van der Waals surface area contributed by atoms with Crippen molar-refractivity contribution in [2.24, 2.45) is 5.92 Å². The van der Waals surface area contributed by atoms with Crippen LogP contribution in [-0.4, -0.2) is 36.1 Å². The van der Waals surface area contributed by atoms with Crippen LogP contribution in [0, 0.1) is 5.92 Å². The molecule has 2 heterocycles. The van der Waals surface area contributed by atoms with Crippen LogP contribution in [0.25, 0.3) is 0 Å². The lowest BCUT2D eigenvalue weighted by Gasteiger charge is -2.29. The molecule has 0 radical (unpaired) electrons. The lowest BCUT2D eigenvalue weighted by molar-refractivity contribution is -0.126. The van der Waals surface area contributed by atoms with E-state index in [2.05, 4.69) is 0 Å². The summed E-state index contributed by atoms with van der Waals surface area (Å²) in [5.74, 6) is -2.69. The van der Waals surface area contributed by atoms with E-state index >= 15 is 0 Å². The fourth-order valence-electron chi connectivity index (χ4n) is 4.53. The number of imide groups is 1. The highest BCUT2D eigenvalue weighted by Crippen LogP contribution is 2.49. The van der Waals surface area contributed by atoms with E-state index in [1.54, 1.807) is 66.7 Å². The number of anilines is 2. The number of hydrogen-bond donors (Lipinski definition) is 1. The number of para-hydroxylation sites is 3. The molecule has 3 aromatic carbocycles. The Morgan fingerprint density at radius 3 is 2.30 bits per heavy atom. The number of carboxylic acids is 1. The third-order valence-electron chi connectivity index (χ3n) is 5.96. The van der Waals surface area contributed by atoms with Crippen LogP contribution in [-0.2, 0) is 14.4 Å².